The van der Waals surface area contributed by atoms with E-state index in [4.69, 9.17) is 27.9 Å². The third-order valence-electron chi connectivity index (χ3n) is 10.0. The topological polar surface area (TPSA) is 79.1 Å². The van der Waals surface area contributed by atoms with Gasteiger partial charge in [-0.05, 0) is 43.2 Å². The van der Waals surface area contributed by atoms with E-state index in [1.807, 2.05) is 4.90 Å². The van der Waals surface area contributed by atoms with Crippen molar-refractivity contribution in [3.63, 3.8) is 0 Å². The number of pyridine rings is 1. The van der Waals surface area contributed by atoms with Gasteiger partial charge in [-0.25, -0.2) is 19.7 Å². The van der Waals surface area contributed by atoms with Crippen LogP contribution in [0.5, 0.6) is 6.01 Å². The van der Waals surface area contributed by atoms with Crippen LogP contribution in [-0.4, -0.2) is 88.1 Å². The van der Waals surface area contributed by atoms with Gasteiger partial charge in [0.2, 0.25) is 6.54 Å². The molecule has 2 aromatic carbocycles. The van der Waals surface area contributed by atoms with Crippen molar-refractivity contribution in [3.8, 4) is 17.3 Å². The van der Waals surface area contributed by atoms with Gasteiger partial charge < -0.3 is 19.4 Å². The maximum Gasteiger partial charge on any atom is 0.319 e. The first-order valence-corrected chi connectivity index (χ1v) is 16.4. The SMILES string of the molecule is [C-]#[N+]C[C@H]1CN(c2nc(OC[C@H]3C4CC[C@@H](C4)N3CC)nc3c(F)c(-c4cccc5ccc(F)c(Cl)c45)ncc23)CCN1C(=O)C(=C)F. The summed E-state index contributed by atoms with van der Waals surface area (Å²) in [5.41, 5.74) is 0.182. The van der Waals surface area contributed by atoms with Crippen LogP contribution in [0.25, 0.3) is 37.8 Å². The smallest absolute Gasteiger partial charge is 0.319 e. The number of amides is 1. The zero-order valence-electron chi connectivity index (χ0n) is 26.3. The number of hydrogen-bond donors (Lipinski definition) is 0. The molecule has 1 aliphatic carbocycles. The number of piperazine rings is 1. The van der Waals surface area contributed by atoms with Gasteiger partial charge in [-0.15, -0.1) is 0 Å². The summed E-state index contributed by atoms with van der Waals surface area (Å²) >= 11 is 6.39. The minimum Gasteiger partial charge on any atom is -0.462 e. The van der Waals surface area contributed by atoms with Gasteiger partial charge in [0, 0.05) is 48.9 Å². The van der Waals surface area contributed by atoms with Gasteiger partial charge in [0.15, 0.2) is 11.6 Å². The predicted octanol–water partition coefficient (Wildman–Crippen LogP) is 6.45. The Morgan fingerprint density at radius 3 is 2.79 bits per heavy atom. The van der Waals surface area contributed by atoms with Gasteiger partial charge in [0.1, 0.15) is 35.5 Å². The van der Waals surface area contributed by atoms with Crippen LogP contribution < -0.4 is 9.64 Å². The van der Waals surface area contributed by atoms with Crippen LogP contribution in [-0.2, 0) is 4.79 Å². The van der Waals surface area contributed by atoms with Crippen molar-refractivity contribution in [3.05, 3.63) is 77.0 Å². The van der Waals surface area contributed by atoms with Crippen LogP contribution in [0.15, 0.2) is 48.9 Å². The molecule has 3 aliphatic rings. The van der Waals surface area contributed by atoms with E-state index in [0.717, 1.165) is 19.4 Å². The van der Waals surface area contributed by atoms with E-state index < -0.39 is 29.4 Å². The van der Waals surface area contributed by atoms with Crippen molar-refractivity contribution in [1.82, 2.24) is 24.8 Å². The van der Waals surface area contributed by atoms with Crippen LogP contribution in [0.2, 0.25) is 5.02 Å². The summed E-state index contributed by atoms with van der Waals surface area (Å²) in [6.07, 6.45) is 4.89. The molecule has 2 bridgehead atoms. The molecule has 1 saturated carbocycles. The highest BCUT2D eigenvalue weighted by Crippen LogP contribution is 2.43. The number of hydrogen-bond acceptors (Lipinski definition) is 7. The Hall–Kier alpha value is -4.47. The van der Waals surface area contributed by atoms with Gasteiger partial charge in [0.05, 0.1) is 10.4 Å². The number of rotatable bonds is 8. The average molecular weight is 676 g/mol. The average Bonchev–Trinajstić information content (AvgIpc) is 3.70. The first kappa shape index (κ1) is 32.1. The van der Waals surface area contributed by atoms with Gasteiger partial charge in [-0.2, -0.15) is 9.97 Å². The first-order valence-electron chi connectivity index (χ1n) is 16.1. The molecule has 48 heavy (non-hydrogen) atoms. The molecule has 2 aliphatic heterocycles. The van der Waals surface area contributed by atoms with Crippen molar-refractivity contribution >= 4 is 45.0 Å². The fraction of sp³-hybridized carbons (Fsp3) is 0.400. The summed E-state index contributed by atoms with van der Waals surface area (Å²) in [7, 11) is 0. The molecule has 9 nitrogen and oxygen atoms in total. The van der Waals surface area contributed by atoms with E-state index in [-0.39, 0.29) is 59.9 Å². The summed E-state index contributed by atoms with van der Waals surface area (Å²) in [5.74, 6) is -2.54. The van der Waals surface area contributed by atoms with Crippen LogP contribution in [0, 0.1) is 24.1 Å². The second-order valence-electron chi connectivity index (χ2n) is 12.6. The standard InChI is InChI=1S/C35H33ClF3N7O2/c1-4-45-22-10-8-21(14-22)27(45)18-48-35-42-32-25(33(43-35)44-12-13-46(34(47)19(2)37)23(17-44)15-40-3)16-41-31(30(32)39)24-7-5-6-20-9-11-26(38)29(36)28(20)24/h5-7,9,11,16,21-23,27H,2,4,8,10,12-15,17-18H2,1H3/t21?,22-,23-,27-/m0/s1. The zero-order valence-corrected chi connectivity index (χ0v) is 27.1. The molecular formula is C35H33ClF3N7O2. The number of likely N-dealkylation sites (tertiary alicyclic amines) is 1. The number of ether oxygens (including phenoxy) is 1. The van der Waals surface area contributed by atoms with E-state index in [0.29, 0.717) is 40.7 Å². The van der Waals surface area contributed by atoms with Gasteiger partial charge in [-0.1, -0.05) is 49.4 Å². The Labute approximate surface area is 280 Å². The van der Waals surface area contributed by atoms with Crippen molar-refractivity contribution in [2.75, 3.05) is 44.2 Å². The lowest BCUT2D eigenvalue weighted by molar-refractivity contribution is -0.131. The van der Waals surface area contributed by atoms with Crippen LogP contribution in [0.3, 0.4) is 0 Å². The summed E-state index contributed by atoms with van der Waals surface area (Å²) in [6.45, 7) is 14.3. The van der Waals surface area contributed by atoms with Crippen molar-refractivity contribution in [2.24, 2.45) is 5.92 Å². The predicted molar refractivity (Wildman–Crippen MR) is 177 cm³/mol. The molecule has 4 aromatic rings. The number of carbonyl (C=O) groups excluding carboxylic acids is 1. The number of nitrogens with zero attached hydrogens (tertiary/aromatic N) is 7. The highest BCUT2D eigenvalue weighted by atomic mass is 35.5. The highest BCUT2D eigenvalue weighted by molar-refractivity contribution is 6.36. The van der Waals surface area contributed by atoms with Gasteiger partial charge in [0.25, 0.3) is 5.91 Å². The number of fused-ring (bicyclic) bond motifs is 4. The van der Waals surface area contributed by atoms with Gasteiger partial charge >= 0.3 is 6.01 Å². The molecule has 248 valence electrons. The fourth-order valence-electron chi connectivity index (χ4n) is 7.82. The Balaban J connectivity index is 1.32. The number of halogens is 4. The van der Waals surface area contributed by atoms with Crippen molar-refractivity contribution in [2.45, 2.75) is 44.3 Å². The van der Waals surface area contributed by atoms with Crippen LogP contribution in [0.4, 0.5) is 19.0 Å². The number of carbonyl (C=O) groups is 1. The first-order chi connectivity index (χ1) is 23.2. The Morgan fingerprint density at radius 2 is 2.02 bits per heavy atom. The minimum atomic E-state index is -1.10. The lowest BCUT2D eigenvalue weighted by Crippen LogP contribution is -2.56. The summed E-state index contributed by atoms with van der Waals surface area (Å²) in [5, 5.41) is 1.09. The lowest BCUT2D eigenvalue weighted by Gasteiger charge is -2.39. The molecule has 2 aromatic heterocycles. The number of likely N-dealkylation sites (N-methyl/N-ethyl adjacent to an activating group) is 1. The molecule has 13 heteroatoms. The second kappa shape index (κ2) is 12.9. The molecular weight excluding hydrogens is 643 g/mol. The minimum absolute atomic E-state index is 0.0215. The molecule has 4 atom stereocenters. The summed E-state index contributed by atoms with van der Waals surface area (Å²) < 4.78 is 51.5. The van der Waals surface area contributed by atoms with E-state index in [9.17, 15) is 13.6 Å². The van der Waals surface area contributed by atoms with E-state index >= 15 is 4.39 Å². The normalized spacial score (nSPS) is 22.4. The quantitative estimate of drug-likeness (QED) is 0.157. The van der Waals surface area contributed by atoms with Crippen LogP contribution >= 0.6 is 11.6 Å². The molecule has 0 spiro atoms. The second-order valence-corrected chi connectivity index (χ2v) is 12.9. The summed E-state index contributed by atoms with van der Waals surface area (Å²) in [6, 6.07) is 7.97. The largest absolute Gasteiger partial charge is 0.462 e. The van der Waals surface area contributed by atoms with Crippen molar-refractivity contribution in [1.29, 1.82) is 0 Å². The van der Waals surface area contributed by atoms with E-state index in [1.54, 1.807) is 24.3 Å². The molecule has 0 radical (unpaired) electrons. The van der Waals surface area contributed by atoms with Gasteiger partial charge in [-0.3, -0.25) is 14.7 Å². The Bertz CT molecular complexity index is 1990. The third-order valence-corrected chi connectivity index (χ3v) is 10.4. The number of aromatic nitrogens is 3. The highest BCUT2D eigenvalue weighted by Gasteiger charge is 2.45. The molecule has 2 saturated heterocycles. The zero-order chi connectivity index (χ0) is 33.7. The van der Waals surface area contributed by atoms with Crippen LogP contribution in [0.1, 0.15) is 26.2 Å². The number of benzene rings is 2. The maximum atomic E-state index is 16.8. The number of anilines is 1. The maximum absolute atomic E-state index is 16.8. The molecule has 3 fully saturated rings. The Morgan fingerprint density at radius 1 is 1.19 bits per heavy atom. The van der Waals surface area contributed by atoms with Crippen molar-refractivity contribution < 1.29 is 22.7 Å². The number of piperidine rings is 1. The Kier molecular flexibility index (Phi) is 8.60. The monoisotopic (exact) mass is 675 g/mol. The molecule has 1 unspecified atom stereocenters. The van der Waals surface area contributed by atoms with E-state index in [2.05, 4.69) is 33.2 Å². The lowest BCUT2D eigenvalue weighted by atomic mass is 9.99. The van der Waals surface area contributed by atoms with E-state index in [1.165, 1.54) is 23.6 Å². The summed E-state index contributed by atoms with van der Waals surface area (Å²) in [4.78, 5) is 35.4. The molecule has 0 N–H and O–H groups in total. The molecule has 4 heterocycles. The molecule has 1 amide bonds. The fourth-order valence-corrected chi connectivity index (χ4v) is 8.10. The third kappa shape index (κ3) is 5.48. The molecule has 7 rings (SSSR count).